The van der Waals surface area contributed by atoms with Gasteiger partial charge < -0.3 is 20.1 Å². The molecule has 2 atom stereocenters. The number of rotatable bonds is 5. The number of hydrogen-bond donors (Lipinski definition) is 3. The first-order valence-electron chi connectivity index (χ1n) is 4.79. The van der Waals surface area contributed by atoms with E-state index in [1.807, 2.05) is 6.92 Å². The van der Waals surface area contributed by atoms with E-state index >= 15 is 0 Å². The molecule has 0 spiro atoms. The molecule has 6 nitrogen and oxygen atoms in total. The van der Waals surface area contributed by atoms with Gasteiger partial charge in [-0.05, 0) is 19.1 Å². The second kappa shape index (κ2) is 5.31. The molecule has 6 heteroatoms. The summed E-state index contributed by atoms with van der Waals surface area (Å²) in [5.41, 5.74) is 0.947. The van der Waals surface area contributed by atoms with Crippen LogP contribution < -0.4 is 4.74 Å². The summed E-state index contributed by atoms with van der Waals surface area (Å²) >= 11 is 0. The van der Waals surface area contributed by atoms with Gasteiger partial charge in [0.15, 0.2) is 6.10 Å². The highest BCUT2D eigenvalue weighted by atomic mass is 16.5. The number of aliphatic hydroxyl groups is 1. The number of hydrogen-bond acceptors (Lipinski definition) is 4. The molecule has 1 rings (SSSR count). The van der Waals surface area contributed by atoms with Crippen LogP contribution >= 0.6 is 0 Å². The van der Waals surface area contributed by atoms with Crippen LogP contribution in [0.15, 0.2) is 24.3 Å². The van der Waals surface area contributed by atoms with Gasteiger partial charge in [-0.25, -0.2) is 9.59 Å². The van der Waals surface area contributed by atoms with Crippen molar-refractivity contribution in [2.24, 2.45) is 0 Å². The van der Waals surface area contributed by atoms with Crippen LogP contribution in [0.4, 0.5) is 0 Å². The summed E-state index contributed by atoms with van der Waals surface area (Å²) < 4.78 is 4.92. The Morgan fingerprint density at radius 3 is 2.06 bits per heavy atom. The molecule has 0 aromatic heterocycles. The largest absolute Gasteiger partial charge is 0.479 e. The third kappa shape index (κ3) is 3.46. The fourth-order valence-electron chi connectivity index (χ4n) is 1.14. The first-order valence-corrected chi connectivity index (χ1v) is 4.79. The van der Waals surface area contributed by atoms with Crippen molar-refractivity contribution < 1.29 is 29.6 Å². The summed E-state index contributed by atoms with van der Waals surface area (Å²) in [6.45, 7) is 1.84. The number of aliphatic hydroxyl groups excluding tert-OH is 1. The fraction of sp³-hybridized carbons (Fsp3) is 0.273. The Bertz CT molecular complexity index is 410. The molecular formula is C11H12O6. The Morgan fingerprint density at radius 1 is 1.12 bits per heavy atom. The van der Waals surface area contributed by atoms with Crippen LogP contribution in [0.5, 0.6) is 5.75 Å². The van der Waals surface area contributed by atoms with Crippen molar-refractivity contribution in [3.05, 3.63) is 29.8 Å². The first-order chi connectivity index (χ1) is 7.91. The van der Waals surface area contributed by atoms with Crippen LogP contribution in [-0.2, 0) is 9.59 Å². The molecule has 0 fully saturated rings. The topological polar surface area (TPSA) is 104 Å². The normalized spacial score (nSPS) is 13.8. The Balaban J connectivity index is 2.84. The predicted octanol–water partition coefficient (Wildman–Crippen LogP) is 0.273. The molecule has 0 amide bonds. The van der Waals surface area contributed by atoms with Crippen LogP contribution in [0.25, 0.3) is 0 Å². The maximum absolute atomic E-state index is 10.8. The smallest absolute Gasteiger partial charge is 0.348 e. The molecule has 3 N–H and O–H groups in total. The zero-order chi connectivity index (χ0) is 13.0. The zero-order valence-electron chi connectivity index (χ0n) is 9.03. The number of carboxylic acids is 2. The molecule has 1 aromatic rings. The van der Waals surface area contributed by atoms with Gasteiger partial charge in [-0.1, -0.05) is 17.7 Å². The van der Waals surface area contributed by atoms with Gasteiger partial charge in [-0.3, -0.25) is 0 Å². The first kappa shape index (κ1) is 13.0. The molecule has 92 valence electrons. The van der Waals surface area contributed by atoms with Crippen molar-refractivity contribution in [1.29, 1.82) is 0 Å². The summed E-state index contributed by atoms with van der Waals surface area (Å²) in [5.74, 6) is -3.01. The zero-order valence-corrected chi connectivity index (χ0v) is 9.03. The van der Waals surface area contributed by atoms with E-state index in [4.69, 9.17) is 20.1 Å². The van der Waals surface area contributed by atoms with Crippen molar-refractivity contribution in [1.82, 2.24) is 0 Å². The van der Waals surface area contributed by atoms with E-state index in [2.05, 4.69) is 0 Å². The second-order valence-corrected chi connectivity index (χ2v) is 3.47. The van der Waals surface area contributed by atoms with Crippen molar-refractivity contribution in [2.75, 3.05) is 0 Å². The van der Waals surface area contributed by atoms with Gasteiger partial charge >= 0.3 is 11.9 Å². The highest BCUT2D eigenvalue weighted by Gasteiger charge is 2.34. The van der Waals surface area contributed by atoms with Gasteiger partial charge in [0.05, 0.1) is 0 Å². The molecule has 0 aliphatic rings. The van der Waals surface area contributed by atoms with Gasteiger partial charge in [0.2, 0.25) is 6.10 Å². The lowest BCUT2D eigenvalue weighted by atomic mass is 10.2. The molecule has 0 aliphatic heterocycles. The Morgan fingerprint density at radius 2 is 1.65 bits per heavy atom. The second-order valence-electron chi connectivity index (χ2n) is 3.47. The molecule has 17 heavy (non-hydrogen) atoms. The Labute approximate surface area is 97.1 Å². The highest BCUT2D eigenvalue weighted by molar-refractivity contribution is 5.83. The van der Waals surface area contributed by atoms with Crippen LogP contribution in [0.2, 0.25) is 0 Å². The van der Waals surface area contributed by atoms with E-state index in [0.29, 0.717) is 0 Å². The molecule has 0 aliphatic carbocycles. The van der Waals surface area contributed by atoms with Gasteiger partial charge in [-0.2, -0.15) is 0 Å². The van der Waals surface area contributed by atoms with Crippen molar-refractivity contribution in [3.8, 4) is 5.75 Å². The Kier molecular flexibility index (Phi) is 4.06. The van der Waals surface area contributed by atoms with Crippen LogP contribution in [0.1, 0.15) is 5.56 Å². The summed E-state index contributed by atoms with van der Waals surface area (Å²) in [4.78, 5) is 21.3. The fourth-order valence-corrected chi connectivity index (χ4v) is 1.14. The molecule has 0 saturated carbocycles. The van der Waals surface area contributed by atoms with Crippen molar-refractivity contribution >= 4 is 11.9 Å². The maximum Gasteiger partial charge on any atom is 0.348 e. The molecule has 0 unspecified atom stereocenters. The summed E-state index contributed by atoms with van der Waals surface area (Å²) in [6, 6.07) is 6.36. The maximum atomic E-state index is 10.8. The SMILES string of the molecule is Cc1ccc(O[C@@H](C(=O)O)[C@@H](O)C(=O)O)cc1. The van der Waals surface area contributed by atoms with E-state index in [-0.39, 0.29) is 5.75 Å². The van der Waals surface area contributed by atoms with E-state index in [1.165, 1.54) is 12.1 Å². The quantitative estimate of drug-likeness (QED) is 0.682. The summed E-state index contributed by atoms with van der Waals surface area (Å²) in [6.07, 6.45) is -3.95. The van der Waals surface area contributed by atoms with Gasteiger partial charge in [0, 0.05) is 0 Å². The van der Waals surface area contributed by atoms with Gasteiger partial charge in [0.1, 0.15) is 5.75 Å². The van der Waals surface area contributed by atoms with Crippen LogP contribution in [-0.4, -0.2) is 39.5 Å². The minimum absolute atomic E-state index is 0.184. The lowest BCUT2D eigenvalue weighted by molar-refractivity contribution is -0.163. The predicted molar refractivity (Wildman–Crippen MR) is 56.9 cm³/mol. The lowest BCUT2D eigenvalue weighted by Crippen LogP contribution is -2.43. The van der Waals surface area contributed by atoms with E-state index in [0.717, 1.165) is 5.56 Å². The number of aryl methyl sites for hydroxylation is 1. The van der Waals surface area contributed by atoms with Crippen LogP contribution in [0, 0.1) is 6.92 Å². The third-order valence-corrected chi connectivity index (χ3v) is 2.07. The van der Waals surface area contributed by atoms with Crippen molar-refractivity contribution in [3.63, 3.8) is 0 Å². The van der Waals surface area contributed by atoms with E-state index in [1.54, 1.807) is 12.1 Å². The number of carboxylic acid groups (broad SMARTS) is 2. The molecule has 0 saturated heterocycles. The van der Waals surface area contributed by atoms with Crippen molar-refractivity contribution in [2.45, 2.75) is 19.1 Å². The summed E-state index contributed by atoms with van der Waals surface area (Å²) in [7, 11) is 0. The number of ether oxygens (including phenoxy) is 1. The monoisotopic (exact) mass is 240 g/mol. The van der Waals surface area contributed by atoms with Gasteiger partial charge in [0.25, 0.3) is 0 Å². The average Bonchev–Trinajstić information content (AvgIpc) is 2.26. The minimum atomic E-state index is -2.12. The summed E-state index contributed by atoms with van der Waals surface area (Å²) in [5, 5.41) is 26.5. The third-order valence-electron chi connectivity index (χ3n) is 2.07. The molecule has 0 radical (unpaired) electrons. The average molecular weight is 240 g/mol. The molecule has 1 aromatic carbocycles. The number of carbonyl (C=O) groups is 2. The molecule has 0 heterocycles. The number of aliphatic carboxylic acids is 2. The van der Waals surface area contributed by atoms with Crippen LogP contribution in [0.3, 0.4) is 0 Å². The van der Waals surface area contributed by atoms with E-state index in [9.17, 15) is 9.59 Å². The highest BCUT2D eigenvalue weighted by Crippen LogP contribution is 2.15. The van der Waals surface area contributed by atoms with E-state index < -0.39 is 24.1 Å². The standard InChI is InChI=1S/C11H12O6/c1-6-2-4-7(5-3-6)17-9(11(15)16)8(12)10(13)14/h2-5,8-9,12H,1H3,(H,13,14)(H,15,16)/t8-,9-/m1/s1. The minimum Gasteiger partial charge on any atom is -0.479 e. The molecule has 0 bridgehead atoms. The molecular weight excluding hydrogens is 228 g/mol. The Hall–Kier alpha value is -2.08. The number of benzene rings is 1. The lowest BCUT2D eigenvalue weighted by Gasteiger charge is -2.17. The van der Waals surface area contributed by atoms with Gasteiger partial charge in [-0.15, -0.1) is 0 Å².